The SMILES string of the molecule is Clc1ccnc2ccccc12.O=c1ccc(-c2cccs2)nn1CCO.O=c1ccc(-c2cccs2)nn1CCOc1ccnc2ccccc12.O=c1ccc(Br)nn1CCO.OB(O)c1cccs1. The minimum atomic E-state index is -1.30. The van der Waals surface area contributed by atoms with E-state index in [4.69, 9.17) is 36.6 Å². The number of aliphatic hydroxyl groups is 2. The minimum absolute atomic E-state index is 0.0800. The van der Waals surface area contributed by atoms with Gasteiger partial charge in [0.2, 0.25) is 0 Å². The third-order valence-corrected chi connectivity index (χ3v) is 12.8. The van der Waals surface area contributed by atoms with Gasteiger partial charge in [0.15, 0.2) is 0 Å². The summed E-state index contributed by atoms with van der Waals surface area (Å²) >= 11 is 13.5. The number of aliphatic hydroxyl groups excluding tert-OH is 2. The molecule has 0 radical (unpaired) electrons. The highest BCUT2D eigenvalue weighted by atomic mass is 79.9. The number of hydrogen-bond donors (Lipinski definition) is 4. The van der Waals surface area contributed by atoms with Crippen LogP contribution in [0.5, 0.6) is 5.75 Å². The molecule has 10 aromatic rings. The topological polar surface area (TPSA) is 221 Å². The van der Waals surface area contributed by atoms with Crippen molar-refractivity contribution in [3.63, 3.8) is 0 Å². The molecule has 358 valence electrons. The normalized spacial score (nSPS) is 10.4. The summed E-state index contributed by atoms with van der Waals surface area (Å²) < 4.78 is 11.0. The van der Waals surface area contributed by atoms with Gasteiger partial charge in [0.25, 0.3) is 16.7 Å². The third kappa shape index (κ3) is 15.8. The van der Waals surface area contributed by atoms with Gasteiger partial charge < -0.3 is 25.0 Å². The van der Waals surface area contributed by atoms with Crippen molar-refractivity contribution in [3.05, 3.63) is 203 Å². The number of ether oxygens (including phenoxy) is 1. The van der Waals surface area contributed by atoms with Gasteiger partial charge in [-0.15, -0.1) is 22.7 Å². The van der Waals surface area contributed by atoms with E-state index in [2.05, 4.69) is 41.2 Å². The highest BCUT2D eigenvalue weighted by Gasteiger charge is 2.10. The van der Waals surface area contributed by atoms with Gasteiger partial charge in [0.1, 0.15) is 28.3 Å². The van der Waals surface area contributed by atoms with Crippen molar-refractivity contribution in [3.8, 4) is 26.9 Å². The van der Waals surface area contributed by atoms with Crippen LogP contribution in [-0.2, 0) is 19.6 Å². The lowest BCUT2D eigenvalue weighted by molar-refractivity contribution is 0.265. The molecule has 70 heavy (non-hydrogen) atoms. The first kappa shape index (κ1) is 52.8. The van der Waals surface area contributed by atoms with Crippen LogP contribution in [0, 0.1) is 0 Å². The molecule has 10 rings (SSSR count). The highest BCUT2D eigenvalue weighted by Crippen LogP contribution is 2.24. The molecular weight excluding hydrogens is 1040 g/mol. The number of halogens is 2. The lowest BCUT2D eigenvalue weighted by Crippen LogP contribution is -2.26. The van der Waals surface area contributed by atoms with E-state index < -0.39 is 7.12 Å². The first-order valence-electron chi connectivity index (χ1n) is 21.1. The first-order chi connectivity index (χ1) is 34.0. The molecule has 0 aliphatic heterocycles. The zero-order valence-corrected chi connectivity index (χ0v) is 41.7. The molecule has 8 heterocycles. The van der Waals surface area contributed by atoms with Crippen LogP contribution in [0.3, 0.4) is 0 Å². The van der Waals surface area contributed by atoms with Crippen molar-refractivity contribution in [2.75, 3.05) is 19.8 Å². The highest BCUT2D eigenvalue weighted by molar-refractivity contribution is 9.10. The summed E-state index contributed by atoms with van der Waals surface area (Å²) in [5.41, 5.74) is 2.85. The number of aromatic nitrogens is 8. The van der Waals surface area contributed by atoms with E-state index in [0.717, 1.165) is 53.7 Å². The van der Waals surface area contributed by atoms with Crippen molar-refractivity contribution >= 4 is 95.2 Å². The molecule has 8 aromatic heterocycles. The Balaban J connectivity index is 0.000000153. The minimum Gasteiger partial charge on any atom is -0.491 e. The van der Waals surface area contributed by atoms with Gasteiger partial charge in [0.05, 0.1) is 58.7 Å². The van der Waals surface area contributed by atoms with Gasteiger partial charge in [0, 0.05) is 46.1 Å². The molecule has 0 spiro atoms. The number of nitrogens with zero attached hydrogens (tertiary/aromatic N) is 8. The van der Waals surface area contributed by atoms with E-state index in [-0.39, 0.29) is 43.0 Å². The molecule has 0 atom stereocenters. The fraction of sp³-hybridized carbons (Fsp3) is 0.125. The van der Waals surface area contributed by atoms with E-state index >= 15 is 0 Å². The molecule has 0 unspecified atom stereocenters. The predicted octanol–water partition coefficient (Wildman–Crippen LogP) is 6.88. The molecule has 2 aromatic carbocycles. The Morgan fingerprint density at radius 1 is 0.557 bits per heavy atom. The number of rotatable bonds is 11. The fourth-order valence-corrected chi connectivity index (χ4v) is 8.55. The summed E-state index contributed by atoms with van der Waals surface area (Å²) in [6.07, 6.45) is 3.43. The largest absolute Gasteiger partial charge is 0.499 e. The molecule has 0 aliphatic rings. The smallest absolute Gasteiger partial charge is 0.491 e. The van der Waals surface area contributed by atoms with Crippen LogP contribution >= 0.6 is 61.5 Å². The Hall–Kier alpha value is -6.53. The van der Waals surface area contributed by atoms with Crippen molar-refractivity contribution in [1.29, 1.82) is 0 Å². The Labute approximate surface area is 425 Å². The number of pyridine rings is 2. The van der Waals surface area contributed by atoms with Gasteiger partial charge in [-0.25, -0.2) is 14.0 Å². The maximum atomic E-state index is 12.0. The molecule has 0 aliphatic carbocycles. The van der Waals surface area contributed by atoms with Crippen LogP contribution < -0.4 is 26.2 Å². The lowest BCUT2D eigenvalue weighted by atomic mass is 9.90. The van der Waals surface area contributed by atoms with Gasteiger partial charge in [-0.05, 0) is 92.7 Å². The lowest BCUT2D eigenvalue weighted by Gasteiger charge is -2.10. The molecular formula is C48H43BBrClN8O8S3. The van der Waals surface area contributed by atoms with Crippen LogP contribution in [-0.4, -0.2) is 86.5 Å². The zero-order valence-electron chi connectivity index (χ0n) is 36.9. The first-order valence-corrected chi connectivity index (χ1v) is 24.9. The Bertz CT molecular complexity index is 3330. The quantitative estimate of drug-likeness (QED) is 0.0973. The predicted molar refractivity (Wildman–Crippen MR) is 282 cm³/mol. The van der Waals surface area contributed by atoms with Crippen LogP contribution in [0.4, 0.5) is 0 Å². The van der Waals surface area contributed by atoms with Gasteiger partial charge >= 0.3 is 7.12 Å². The Morgan fingerprint density at radius 2 is 1.06 bits per heavy atom. The summed E-state index contributed by atoms with van der Waals surface area (Å²) in [6.45, 7) is 1.05. The molecule has 22 heteroatoms. The molecule has 0 saturated heterocycles. The number of benzene rings is 2. The maximum Gasteiger partial charge on any atom is 0.499 e. The van der Waals surface area contributed by atoms with Crippen LogP contribution in [0.25, 0.3) is 42.9 Å². The van der Waals surface area contributed by atoms with Crippen molar-refractivity contribution in [1.82, 2.24) is 39.3 Å². The average molecular weight is 1080 g/mol. The number of fused-ring (bicyclic) bond motifs is 2. The standard InChI is InChI=1S/C19H15N3O2S.C10H10N2O2S.C9H6ClN.C6H7BrN2O2.C4H5BO2S/c23-19-8-7-16(18-6-3-13-25-18)21-22(19)11-12-24-17-9-10-20-15-5-2-1-4-14(15)17;13-6-5-12-10(14)4-3-8(11-12)9-2-1-7-15-9;10-8-5-6-11-9-4-2-1-3-7(8)9;7-5-1-2-6(11)9(8-5)3-4-10;6-5(7)4-2-1-3-8-4/h1-10,13H,11-12H2;1-4,7,13H,5-6H2;1-6H;1-2,10H,3-4H2;1-3,6-7H. The Morgan fingerprint density at radius 3 is 1.57 bits per heavy atom. The monoisotopic (exact) mass is 1080 g/mol. The van der Waals surface area contributed by atoms with Gasteiger partial charge in [-0.2, -0.15) is 26.6 Å². The van der Waals surface area contributed by atoms with Crippen molar-refractivity contribution in [2.45, 2.75) is 19.6 Å². The van der Waals surface area contributed by atoms with Crippen molar-refractivity contribution < 1.29 is 25.0 Å². The van der Waals surface area contributed by atoms with Gasteiger partial charge in [-0.3, -0.25) is 24.4 Å². The molecule has 0 saturated carbocycles. The molecule has 0 fully saturated rings. The van der Waals surface area contributed by atoms with E-state index in [1.807, 2.05) is 89.6 Å². The molecule has 16 nitrogen and oxygen atoms in total. The third-order valence-electron chi connectivity index (χ3n) is 9.30. The summed E-state index contributed by atoms with van der Waals surface area (Å²) in [7, 11) is -1.30. The summed E-state index contributed by atoms with van der Waals surface area (Å²) in [6, 6.07) is 40.0. The fourth-order valence-electron chi connectivity index (χ4n) is 6.04. The number of thiophene rings is 3. The van der Waals surface area contributed by atoms with E-state index in [1.165, 1.54) is 37.5 Å². The van der Waals surface area contributed by atoms with Crippen LogP contribution in [0.15, 0.2) is 181 Å². The zero-order chi connectivity index (χ0) is 49.7. The van der Waals surface area contributed by atoms with Crippen molar-refractivity contribution in [2.24, 2.45) is 0 Å². The second-order valence-corrected chi connectivity index (χ2v) is 18.1. The Kier molecular flexibility index (Phi) is 20.8. The van der Waals surface area contributed by atoms with E-state index in [0.29, 0.717) is 22.5 Å². The van der Waals surface area contributed by atoms with Crippen LogP contribution in [0.1, 0.15) is 0 Å². The molecule has 0 amide bonds. The molecule has 4 N–H and O–H groups in total. The number of hydrogen-bond acceptors (Lipinski definition) is 16. The van der Waals surface area contributed by atoms with Crippen LogP contribution in [0.2, 0.25) is 5.02 Å². The van der Waals surface area contributed by atoms with E-state index in [1.54, 1.807) is 82.9 Å². The summed E-state index contributed by atoms with van der Waals surface area (Å²) in [5, 5.41) is 55.1. The molecule has 0 bridgehead atoms. The maximum absolute atomic E-state index is 12.0. The van der Waals surface area contributed by atoms with E-state index in [9.17, 15) is 14.4 Å². The summed E-state index contributed by atoms with van der Waals surface area (Å²) in [4.78, 5) is 44.8. The summed E-state index contributed by atoms with van der Waals surface area (Å²) in [5.74, 6) is 0.757. The van der Waals surface area contributed by atoms with Gasteiger partial charge in [-0.1, -0.05) is 66.2 Å². The average Bonchev–Trinajstić information content (AvgIpc) is 4.22. The number of para-hydroxylation sites is 2. The second kappa shape index (κ2) is 27.6. The second-order valence-electron chi connectivity index (χ2n) is 14.1.